The first-order valence-corrected chi connectivity index (χ1v) is 9.14. The van der Waals surface area contributed by atoms with Gasteiger partial charge in [0.25, 0.3) is 0 Å². The fourth-order valence-electron chi connectivity index (χ4n) is 3.43. The predicted molar refractivity (Wildman–Crippen MR) is 99.2 cm³/mol. The zero-order chi connectivity index (χ0) is 19.5. The minimum Gasteiger partial charge on any atom is -0.497 e. The van der Waals surface area contributed by atoms with Gasteiger partial charge in [0, 0.05) is 6.54 Å². The molecule has 146 valence electrons. The number of nitrogens with one attached hydrogen (secondary N) is 1. The number of amides is 1. The molecule has 28 heavy (non-hydrogen) atoms. The first-order chi connectivity index (χ1) is 13.6. The van der Waals surface area contributed by atoms with Crippen molar-refractivity contribution in [2.24, 2.45) is 5.92 Å². The molecule has 0 unspecified atom stereocenters. The van der Waals surface area contributed by atoms with E-state index in [1.165, 1.54) is 0 Å². The Labute approximate surface area is 162 Å². The van der Waals surface area contributed by atoms with E-state index in [1.54, 1.807) is 25.3 Å². The normalized spacial score (nSPS) is 20.4. The Hall–Kier alpha value is -3.22. The summed E-state index contributed by atoms with van der Waals surface area (Å²) in [6.45, 7) is 1.31. The van der Waals surface area contributed by atoms with Crippen LogP contribution in [0.4, 0.5) is 0 Å². The molecule has 7 heteroatoms. The number of fused-ring (bicyclic) bond motifs is 1. The number of carbonyl (C=O) groups excluding carboxylic acids is 2. The van der Waals surface area contributed by atoms with Gasteiger partial charge in [-0.1, -0.05) is 18.2 Å². The molecule has 0 saturated carbocycles. The van der Waals surface area contributed by atoms with Crippen molar-refractivity contribution in [3.63, 3.8) is 0 Å². The number of esters is 1. The first-order valence-electron chi connectivity index (χ1n) is 9.14. The van der Waals surface area contributed by atoms with E-state index in [2.05, 4.69) is 5.32 Å². The average molecular weight is 383 g/mol. The fourth-order valence-corrected chi connectivity index (χ4v) is 3.43. The molecular weight excluding hydrogens is 362 g/mol. The van der Waals surface area contributed by atoms with Gasteiger partial charge in [-0.3, -0.25) is 9.59 Å². The minimum absolute atomic E-state index is 0.0447. The lowest BCUT2D eigenvalue weighted by molar-refractivity contribution is -0.141. The quantitative estimate of drug-likeness (QED) is 0.799. The molecule has 0 aromatic heterocycles. The van der Waals surface area contributed by atoms with Gasteiger partial charge in [-0.25, -0.2) is 0 Å². The van der Waals surface area contributed by atoms with E-state index in [0.29, 0.717) is 31.3 Å². The largest absolute Gasteiger partial charge is 0.497 e. The summed E-state index contributed by atoms with van der Waals surface area (Å²) < 4.78 is 21.8. The molecule has 0 radical (unpaired) electrons. The second kappa shape index (κ2) is 7.80. The minimum atomic E-state index is -0.645. The molecule has 1 fully saturated rings. The molecule has 1 saturated heterocycles. The van der Waals surface area contributed by atoms with Crippen LogP contribution in [0.1, 0.15) is 23.7 Å². The lowest BCUT2D eigenvalue weighted by atomic mass is 9.94. The van der Waals surface area contributed by atoms with Gasteiger partial charge in [0.05, 0.1) is 19.4 Å². The molecule has 2 aliphatic rings. The summed E-state index contributed by atoms with van der Waals surface area (Å²) in [7, 11) is 1.59. The topological polar surface area (TPSA) is 83.1 Å². The van der Waals surface area contributed by atoms with E-state index in [9.17, 15) is 9.59 Å². The number of rotatable bonds is 5. The second-order valence-electron chi connectivity index (χ2n) is 6.69. The van der Waals surface area contributed by atoms with Crippen molar-refractivity contribution < 1.29 is 28.5 Å². The van der Waals surface area contributed by atoms with E-state index >= 15 is 0 Å². The maximum absolute atomic E-state index is 12.8. The number of cyclic esters (lactones) is 1. The van der Waals surface area contributed by atoms with Gasteiger partial charge in [0.15, 0.2) is 11.5 Å². The maximum atomic E-state index is 12.8. The van der Waals surface area contributed by atoms with Crippen molar-refractivity contribution in [2.75, 3.05) is 20.3 Å². The summed E-state index contributed by atoms with van der Waals surface area (Å²) in [5.41, 5.74) is 1.63. The van der Waals surface area contributed by atoms with Gasteiger partial charge < -0.3 is 24.3 Å². The molecule has 0 spiro atoms. The van der Waals surface area contributed by atoms with E-state index in [4.69, 9.17) is 18.9 Å². The van der Waals surface area contributed by atoms with Crippen LogP contribution in [0.3, 0.4) is 0 Å². The number of carbonyl (C=O) groups is 2. The first kappa shape index (κ1) is 18.2. The molecule has 1 N–H and O–H groups in total. The molecule has 0 bridgehead atoms. The molecule has 2 aliphatic heterocycles. The van der Waals surface area contributed by atoms with E-state index in [1.807, 2.05) is 24.3 Å². The Morgan fingerprint density at radius 2 is 1.96 bits per heavy atom. The summed E-state index contributed by atoms with van der Waals surface area (Å²) >= 11 is 0. The number of ether oxygens (including phenoxy) is 4. The van der Waals surface area contributed by atoms with Crippen molar-refractivity contribution in [1.82, 2.24) is 5.32 Å². The maximum Gasteiger partial charge on any atom is 0.307 e. The smallest absolute Gasteiger partial charge is 0.307 e. The van der Waals surface area contributed by atoms with Crippen molar-refractivity contribution >= 4 is 11.9 Å². The Balaban J connectivity index is 1.47. The fraction of sp³-hybridized carbons (Fsp3) is 0.333. The van der Waals surface area contributed by atoms with Crippen molar-refractivity contribution in [3.05, 3.63) is 53.6 Å². The van der Waals surface area contributed by atoms with Crippen LogP contribution in [0, 0.1) is 5.92 Å². The van der Waals surface area contributed by atoms with Crippen LogP contribution in [0.25, 0.3) is 0 Å². The third-order valence-electron chi connectivity index (χ3n) is 4.84. The lowest BCUT2D eigenvalue weighted by Crippen LogP contribution is -2.32. The third-order valence-corrected chi connectivity index (χ3v) is 4.84. The van der Waals surface area contributed by atoms with Crippen LogP contribution in [0.5, 0.6) is 17.2 Å². The summed E-state index contributed by atoms with van der Waals surface area (Å²) in [5, 5.41) is 2.89. The zero-order valence-corrected chi connectivity index (χ0v) is 15.5. The summed E-state index contributed by atoms with van der Waals surface area (Å²) in [4.78, 5) is 24.7. The Morgan fingerprint density at radius 3 is 2.79 bits per heavy atom. The van der Waals surface area contributed by atoms with Crippen LogP contribution in [0.15, 0.2) is 42.5 Å². The predicted octanol–water partition coefficient (Wildman–Crippen LogP) is 2.39. The van der Waals surface area contributed by atoms with Gasteiger partial charge >= 0.3 is 5.97 Å². The molecule has 4 rings (SSSR count). The van der Waals surface area contributed by atoms with E-state index in [-0.39, 0.29) is 18.3 Å². The number of benzene rings is 2. The summed E-state index contributed by atoms with van der Waals surface area (Å²) in [5.74, 6) is 0.761. The molecule has 1 amide bonds. The van der Waals surface area contributed by atoms with E-state index < -0.39 is 12.0 Å². The van der Waals surface area contributed by atoms with Crippen molar-refractivity contribution in [1.29, 1.82) is 0 Å². The van der Waals surface area contributed by atoms with E-state index in [0.717, 1.165) is 16.9 Å². The van der Waals surface area contributed by atoms with Crippen LogP contribution < -0.4 is 19.5 Å². The SMILES string of the molecule is COc1cccc(CNC(=O)[C@H]2CC(=O)O[C@H]2c2ccc3c(c2)OCCO3)c1. The Morgan fingerprint density at radius 1 is 1.14 bits per heavy atom. The van der Waals surface area contributed by atoms with Gasteiger partial charge in [-0.2, -0.15) is 0 Å². The lowest BCUT2D eigenvalue weighted by Gasteiger charge is -2.22. The number of methoxy groups -OCH3 is 1. The highest BCUT2D eigenvalue weighted by Gasteiger charge is 2.41. The molecule has 2 aromatic carbocycles. The summed E-state index contributed by atoms with van der Waals surface area (Å²) in [6.07, 6.45) is -0.600. The highest BCUT2D eigenvalue weighted by Crippen LogP contribution is 2.40. The van der Waals surface area contributed by atoms with Crippen LogP contribution in [0.2, 0.25) is 0 Å². The highest BCUT2D eigenvalue weighted by atomic mass is 16.6. The Kier molecular flexibility index (Phi) is 5.06. The second-order valence-corrected chi connectivity index (χ2v) is 6.69. The zero-order valence-electron chi connectivity index (χ0n) is 15.5. The van der Waals surface area contributed by atoms with Gasteiger partial charge in [0.2, 0.25) is 5.91 Å². The monoisotopic (exact) mass is 383 g/mol. The number of hydrogen-bond donors (Lipinski definition) is 1. The van der Waals surface area contributed by atoms with Crippen molar-refractivity contribution in [3.8, 4) is 17.2 Å². The molecule has 2 heterocycles. The standard InChI is InChI=1S/C21H21NO6/c1-25-15-4-2-3-13(9-15)12-22-21(24)16-11-19(23)28-20(16)14-5-6-17-18(10-14)27-8-7-26-17/h2-6,9-10,16,20H,7-8,11-12H2,1H3,(H,22,24)/t16-,20-/m0/s1. The van der Waals surface area contributed by atoms with Gasteiger partial charge in [-0.15, -0.1) is 0 Å². The highest BCUT2D eigenvalue weighted by molar-refractivity contribution is 5.87. The Bertz CT molecular complexity index is 896. The number of hydrogen-bond acceptors (Lipinski definition) is 6. The third kappa shape index (κ3) is 3.74. The van der Waals surface area contributed by atoms with Gasteiger partial charge in [0.1, 0.15) is 25.1 Å². The van der Waals surface area contributed by atoms with Crippen LogP contribution in [-0.2, 0) is 20.9 Å². The summed E-state index contributed by atoms with van der Waals surface area (Å²) in [6, 6.07) is 12.8. The molecular formula is C21H21NO6. The van der Waals surface area contributed by atoms with Gasteiger partial charge in [-0.05, 0) is 35.4 Å². The molecule has 2 aromatic rings. The van der Waals surface area contributed by atoms with Crippen LogP contribution in [-0.4, -0.2) is 32.2 Å². The van der Waals surface area contributed by atoms with Crippen LogP contribution >= 0.6 is 0 Å². The molecule has 2 atom stereocenters. The molecule has 7 nitrogen and oxygen atoms in total. The van der Waals surface area contributed by atoms with Crippen molar-refractivity contribution in [2.45, 2.75) is 19.1 Å². The average Bonchev–Trinajstić information content (AvgIpc) is 3.13. The molecule has 0 aliphatic carbocycles.